The zero-order valence-electron chi connectivity index (χ0n) is 17.9. The number of aromatic nitrogens is 1. The molecule has 2 aromatic heterocycles. The molecule has 1 aliphatic carbocycles. The van der Waals surface area contributed by atoms with Gasteiger partial charge in [0.1, 0.15) is 0 Å². The third-order valence-electron chi connectivity index (χ3n) is 6.16. The van der Waals surface area contributed by atoms with Crippen LogP contribution in [0.4, 0.5) is 0 Å². The van der Waals surface area contributed by atoms with Crippen molar-refractivity contribution in [3.8, 4) is 21.9 Å². The molecule has 0 bridgehead atoms. The molecule has 3 heterocycles. The van der Waals surface area contributed by atoms with Crippen LogP contribution in [-0.2, 0) is 13.0 Å². The molecule has 160 valence electrons. The van der Waals surface area contributed by atoms with Gasteiger partial charge in [0.05, 0.1) is 12.7 Å². The summed E-state index contributed by atoms with van der Waals surface area (Å²) >= 11 is 1.78. The smallest absolute Gasteiger partial charge is 0.198 e. The number of hydrogen-bond acceptors (Lipinski definition) is 6. The monoisotopic (exact) mass is 434 g/mol. The molecule has 3 aromatic rings. The molecule has 0 amide bonds. The Morgan fingerprint density at radius 3 is 2.84 bits per heavy atom. The zero-order valence-corrected chi connectivity index (χ0v) is 18.7. The number of phenolic OH excluding ortho intramolecular Hbond substituents is 1. The Morgan fingerprint density at radius 2 is 2.13 bits per heavy atom. The predicted molar refractivity (Wildman–Crippen MR) is 122 cm³/mol. The molecule has 0 saturated heterocycles. The number of fused-ring (bicyclic) bond motifs is 1. The Morgan fingerprint density at radius 1 is 1.29 bits per heavy atom. The third-order valence-corrected chi connectivity index (χ3v) is 7.44. The molecule has 0 unspecified atom stereocenters. The van der Waals surface area contributed by atoms with Gasteiger partial charge in [-0.3, -0.25) is 14.7 Å². The van der Waals surface area contributed by atoms with Gasteiger partial charge in [0.15, 0.2) is 17.3 Å². The van der Waals surface area contributed by atoms with Crippen molar-refractivity contribution in [3.05, 3.63) is 63.8 Å². The summed E-state index contributed by atoms with van der Waals surface area (Å²) in [5.74, 6) is 0.810. The van der Waals surface area contributed by atoms with Crippen molar-refractivity contribution < 1.29 is 14.6 Å². The van der Waals surface area contributed by atoms with Gasteiger partial charge in [0.2, 0.25) is 0 Å². The van der Waals surface area contributed by atoms with Crippen LogP contribution in [0.25, 0.3) is 10.4 Å². The van der Waals surface area contributed by atoms with Gasteiger partial charge < -0.3 is 9.84 Å². The standard InChI is InChI=1S/C25H26N2O3S/c1-15-3-6-17(12-26-15)24(28)20-9-18(10-21(30-2)25(20)29)23-11-19-14-27(13-16-4-5-16)8-7-22(19)31-23/h3,6,9-12,16,29H,4-5,7-8,13-14H2,1-2H3. The van der Waals surface area contributed by atoms with Crippen LogP contribution in [0.5, 0.6) is 11.5 Å². The zero-order chi connectivity index (χ0) is 21.5. The molecule has 5 rings (SSSR count). The number of ketones is 1. The molecule has 1 saturated carbocycles. The number of hydrogen-bond donors (Lipinski definition) is 1. The molecular weight excluding hydrogens is 408 g/mol. The highest BCUT2D eigenvalue weighted by atomic mass is 32.1. The molecule has 6 heteroatoms. The average Bonchev–Trinajstić information content (AvgIpc) is 3.49. The summed E-state index contributed by atoms with van der Waals surface area (Å²) in [4.78, 5) is 22.4. The summed E-state index contributed by atoms with van der Waals surface area (Å²) in [6.45, 7) is 5.20. The fraction of sp³-hybridized carbons (Fsp3) is 0.360. The summed E-state index contributed by atoms with van der Waals surface area (Å²) in [7, 11) is 1.51. The first kappa shape index (κ1) is 20.2. The van der Waals surface area contributed by atoms with Crippen LogP contribution in [0.3, 0.4) is 0 Å². The van der Waals surface area contributed by atoms with Crippen LogP contribution in [0.2, 0.25) is 0 Å². The molecule has 0 spiro atoms. The van der Waals surface area contributed by atoms with Crippen molar-refractivity contribution in [1.29, 1.82) is 0 Å². The molecule has 31 heavy (non-hydrogen) atoms. The fourth-order valence-corrected chi connectivity index (χ4v) is 5.34. The highest BCUT2D eigenvalue weighted by Crippen LogP contribution is 2.41. The Labute approximate surface area is 186 Å². The van der Waals surface area contributed by atoms with Gasteiger partial charge in [0, 0.05) is 46.8 Å². The molecule has 1 aliphatic heterocycles. The Balaban J connectivity index is 1.48. The van der Waals surface area contributed by atoms with E-state index in [2.05, 4.69) is 16.0 Å². The average molecular weight is 435 g/mol. The van der Waals surface area contributed by atoms with Crippen LogP contribution >= 0.6 is 11.3 Å². The number of phenols is 1. The topological polar surface area (TPSA) is 62.7 Å². The van der Waals surface area contributed by atoms with E-state index in [9.17, 15) is 9.90 Å². The van der Waals surface area contributed by atoms with Gasteiger partial charge in [-0.25, -0.2) is 0 Å². The van der Waals surface area contributed by atoms with E-state index in [-0.39, 0.29) is 17.1 Å². The van der Waals surface area contributed by atoms with E-state index >= 15 is 0 Å². The quantitative estimate of drug-likeness (QED) is 0.563. The van der Waals surface area contributed by atoms with Crippen LogP contribution in [-0.4, -0.2) is 41.0 Å². The van der Waals surface area contributed by atoms with Crippen LogP contribution in [0, 0.1) is 12.8 Å². The van der Waals surface area contributed by atoms with Crippen LogP contribution in [0.1, 0.15) is 44.9 Å². The summed E-state index contributed by atoms with van der Waals surface area (Å²) < 4.78 is 5.40. The number of rotatable bonds is 6. The first-order chi connectivity index (χ1) is 15.0. The Kier molecular flexibility index (Phi) is 5.28. The van der Waals surface area contributed by atoms with Gasteiger partial charge in [-0.1, -0.05) is 0 Å². The van der Waals surface area contributed by atoms with E-state index in [0.29, 0.717) is 11.3 Å². The van der Waals surface area contributed by atoms with E-state index in [4.69, 9.17) is 4.74 Å². The van der Waals surface area contributed by atoms with Crippen molar-refractivity contribution in [3.63, 3.8) is 0 Å². The molecule has 1 aromatic carbocycles. The maximum Gasteiger partial charge on any atom is 0.198 e. The molecule has 2 aliphatic rings. The number of carbonyl (C=O) groups is 1. The number of nitrogens with zero attached hydrogens (tertiary/aromatic N) is 2. The highest BCUT2D eigenvalue weighted by molar-refractivity contribution is 7.15. The number of ether oxygens (including phenoxy) is 1. The van der Waals surface area contributed by atoms with E-state index in [1.807, 2.05) is 13.0 Å². The maximum atomic E-state index is 13.1. The normalized spacial score (nSPS) is 16.2. The number of benzene rings is 1. The van der Waals surface area contributed by atoms with Gasteiger partial charge in [-0.2, -0.15) is 0 Å². The molecule has 1 fully saturated rings. The first-order valence-electron chi connectivity index (χ1n) is 10.7. The predicted octanol–water partition coefficient (Wildman–Crippen LogP) is 4.83. The number of thiophene rings is 1. The SMILES string of the molecule is COc1cc(-c2cc3c(s2)CCN(CC2CC2)C3)cc(C(=O)c2ccc(C)nc2)c1O. The molecule has 5 nitrogen and oxygen atoms in total. The first-order valence-corrected chi connectivity index (χ1v) is 11.6. The number of methoxy groups -OCH3 is 1. The van der Waals surface area contributed by atoms with Crippen molar-refractivity contribution in [1.82, 2.24) is 9.88 Å². The fourth-order valence-electron chi connectivity index (χ4n) is 4.19. The van der Waals surface area contributed by atoms with E-state index < -0.39 is 0 Å². The lowest BCUT2D eigenvalue weighted by Gasteiger charge is -2.26. The lowest BCUT2D eigenvalue weighted by Crippen LogP contribution is -2.31. The van der Waals surface area contributed by atoms with Crippen LogP contribution in [0.15, 0.2) is 36.5 Å². The van der Waals surface area contributed by atoms with E-state index in [1.165, 1.54) is 36.9 Å². The second kappa shape index (κ2) is 8.09. The van der Waals surface area contributed by atoms with Crippen molar-refractivity contribution in [2.45, 2.75) is 32.7 Å². The molecule has 0 atom stereocenters. The highest BCUT2D eigenvalue weighted by Gasteiger charge is 2.27. The van der Waals surface area contributed by atoms with E-state index in [0.717, 1.165) is 41.6 Å². The molecule has 1 N–H and O–H groups in total. The van der Waals surface area contributed by atoms with Gasteiger partial charge in [-0.05, 0) is 73.6 Å². The number of carbonyl (C=O) groups excluding carboxylic acids is 1. The number of pyridine rings is 1. The summed E-state index contributed by atoms with van der Waals surface area (Å²) in [5.41, 5.74) is 3.80. The van der Waals surface area contributed by atoms with Crippen LogP contribution < -0.4 is 4.74 Å². The number of aryl methyl sites for hydroxylation is 1. The second-order valence-corrected chi connectivity index (χ2v) is 9.72. The molecule has 0 radical (unpaired) electrons. The summed E-state index contributed by atoms with van der Waals surface area (Å²) in [6.07, 6.45) is 5.37. The van der Waals surface area contributed by atoms with Crippen molar-refractivity contribution >= 4 is 17.1 Å². The lowest BCUT2D eigenvalue weighted by molar-refractivity contribution is 0.103. The molecular formula is C25H26N2O3S. The van der Waals surface area contributed by atoms with Gasteiger partial charge >= 0.3 is 0 Å². The minimum atomic E-state index is -0.262. The largest absolute Gasteiger partial charge is 0.504 e. The Bertz CT molecular complexity index is 1130. The Hall–Kier alpha value is -2.70. The number of aromatic hydroxyl groups is 1. The summed E-state index contributed by atoms with van der Waals surface area (Å²) in [5, 5.41) is 10.7. The van der Waals surface area contributed by atoms with Crippen molar-refractivity contribution in [2.24, 2.45) is 5.92 Å². The van der Waals surface area contributed by atoms with Crippen molar-refractivity contribution in [2.75, 3.05) is 20.2 Å². The van der Waals surface area contributed by atoms with Gasteiger partial charge in [-0.15, -0.1) is 11.3 Å². The van der Waals surface area contributed by atoms with Gasteiger partial charge in [0.25, 0.3) is 0 Å². The minimum absolute atomic E-state index is 0.131. The van der Waals surface area contributed by atoms with E-state index in [1.54, 1.807) is 35.7 Å². The second-order valence-electron chi connectivity index (χ2n) is 8.58. The summed E-state index contributed by atoms with van der Waals surface area (Å²) in [6, 6.07) is 9.37. The third kappa shape index (κ3) is 4.10. The minimum Gasteiger partial charge on any atom is -0.504 e. The maximum absolute atomic E-state index is 13.1. The lowest BCUT2D eigenvalue weighted by atomic mass is 9.99.